The maximum atomic E-state index is 11.0. The second-order valence-electron chi connectivity index (χ2n) is 4.69. The number of benzene rings is 1. The first-order valence-corrected chi connectivity index (χ1v) is 6.57. The average molecular weight is 281 g/mol. The molecule has 1 amide bonds. The maximum absolute atomic E-state index is 11.0. The van der Waals surface area contributed by atoms with E-state index in [-0.39, 0.29) is 5.91 Å². The van der Waals surface area contributed by atoms with Gasteiger partial charge in [-0.2, -0.15) is 0 Å². The molecule has 0 aliphatic heterocycles. The minimum Gasteiger partial charge on any atom is -0.493 e. The van der Waals surface area contributed by atoms with Gasteiger partial charge in [0.05, 0.1) is 12.8 Å². The molecule has 0 aliphatic carbocycles. The monoisotopic (exact) mass is 281 g/mol. The van der Waals surface area contributed by atoms with Gasteiger partial charge in [0.2, 0.25) is 5.91 Å². The van der Waals surface area contributed by atoms with Crippen LogP contribution < -0.4 is 10.1 Å². The Morgan fingerprint density at radius 1 is 1.24 bits per heavy atom. The van der Waals surface area contributed by atoms with E-state index in [1.54, 1.807) is 7.11 Å². The molecule has 0 atom stereocenters. The zero-order valence-corrected chi connectivity index (χ0v) is 11.8. The zero-order chi connectivity index (χ0) is 14.8. The number of nitrogens with zero attached hydrogens (tertiary/aromatic N) is 2. The molecule has 106 valence electrons. The fraction of sp³-hybridized carbons (Fsp3) is 0.125. The van der Waals surface area contributed by atoms with Crippen LogP contribution in [0.4, 0.5) is 5.69 Å². The summed E-state index contributed by atoms with van der Waals surface area (Å²) in [4.78, 5) is 15.6. The minimum absolute atomic E-state index is 0.0831. The molecule has 0 radical (unpaired) electrons. The van der Waals surface area contributed by atoms with Crippen LogP contribution in [-0.4, -0.2) is 22.4 Å². The Morgan fingerprint density at radius 2 is 2.00 bits per heavy atom. The van der Waals surface area contributed by atoms with Crippen LogP contribution in [0.2, 0.25) is 0 Å². The number of carbonyl (C=O) groups is 1. The van der Waals surface area contributed by atoms with Crippen LogP contribution in [0.5, 0.6) is 5.75 Å². The van der Waals surface area contributed by atoms with Gasteiger partial charge in [0.15, 0.2) is 11.4 Å². The van der Waals surface area contributed by atoms with E-state index in [0.717, 1.165) is 28.3 Å². The Kier molecular flexibility index (Phi) is 3.31. The fourth-order valence-electron chi connectivity index (χ4n) is 2.21. The highest BCUT2D eigenvalue weighted by molar-refractivity contribution is 5.88. The van der Waals surface area contributed by atoms with Crippen LogP contribution >= 0.6 is 0 Å². The second kappa shape index (κ2) is 5.28. The van der Waals surface area contributed by atoms with Crippen molar-refractivity contribution in [3.8, 4) is 17.0 Å². The molecule has 2 heterocycles. The Morgan fingerprint density at radius 3 is 2.67 bits per heavy atom. The van der Waals surface area contributed by atoms with Gasteiger partial charge in [0.1, 0.15) is 0 Å². The normalized spacial score (nSPS) is 10.6. The Labute approximate surface area is 122 Å². The quantitative estimate of drug-likeness (QED) is 0.803. The molecule has 0 aliphatic rings. The fourth-order valence-corrected chi connectivity index (χ4v) is 2.21. The highest BCUT2D eigenvalue weighted by Gasteiger charge is 2.08. The number of nitrogens with one attached hydrogen (secondary N) is 1. The van der Waals surface area contributed by atoms with Gasteiger partial charge in [-0.15, -0.1) is 0 Å². The van der Waals surface area contributed by atoms with Crippen molar-refractivity contribution in [2.75, 3.05) is 12.4 Å². The summed E-state index contributed by atoms with van der Waals surface area (Å²) in [5, 5.41) is 2.74. The number of anilines is 1. The Bertz CT molecular complexity index is 791. The van der Waals surface area contributed by atoms with Gasteiger partial charge < -0.3 is 14.5 Å². The van der Waals surface area contributed by atoms with Crippen molar-refractivity contribution in [1.29, 1.82) is 0 Å². The van der Waals surface area contributed by atoms with Gasteiger partial charge in [-0.05, 0) is 24.3 Å². The molecule has 3 aromatic rings. The topological polar surface area (TPSA) is 55.6 Å². The number of carbonyl (C=O) groups excluding carboxylic acids is 1. The lowest BCUT2D eigenvalue weighted by Crippen LogP contribution is -2.05. The Hall–Kier alpha value is -2.82. The number of aromatic nitrogens is 2. The van der Waals surface area contributed by atoms with Crippen molar-refractivity contribution >= 4 is 17.2 Å². The smallest absolute Gasteiger partial charge is 0.221 e. The SMILES string of the molecule is COc1cccn2cc(-c3ccc(NC(C)=O)cc3)nc12. The van der Waals surface area contributed by atoms with Crippen molar-refractivity contribution in [3.63, 3.8) is 0 Å². The molecule has 1 N–H and O–H groups in total. The zero-order valence-electron chi connectivity index (χ0n) is 11.8. The maximum Gasteiger partial charge on any atom is 0.221 e. The number of rotatable bonds is 3. The molecule has 0 saturated carbocycles. The van der Waals surface area contributed by atoms with Crippen molar-refractivity contribution in [1.82, 2.24) is 9.38 Å². The lowest BCUT2D eigenvalue weighted by Gasteiger charge is -2.02. The number of amides is 1. The lowest BCUT2D eigenvalue weighted by molar-refractivity contribution is -0.114. The van der Waals surface area contributed by atoms with Crippen LogP contribution in [-0.2, 0) is 4.79 Å². The van der Waals surface area contributed by atoms with Crippen molar-refractivity contribution in [2.24, 2.45) is 0 Å². The third-order valence-corrected chi connectivity index (χ3v) is 3.17. The number of fused-ring (bicyclic) bond motifs is 1. The third kappa shape index (κ3) is 2.58. The summed E-state index contributed by atoms with van der Waals surface area (Å²) in [5.74, 6) is 0.652. The second-order valence-corrected chi connectivity index (χ2v) is 4.69. The largest absolute Gasteiger partial charge is 0.493 e. The van der Waals surface area contributed by atoms with Crippen molar-refractivity contribution in [3.05, 3.63) is 48.8 Å². The molecule has 0 spiro atoms. The number of hydrogen-bond acceptors (Lipinski definition) is 3. The van der Waals surface area contributed by atoms with E-state index in [1.807, 2.05) is 53.2 Å². The third-order valence-electron chi connectivity index (χ3n) is 3.17. The summed E-state index contributed by atoms with van der Waals surface area (Å²) in [5.41, 5.74) is 3.39. The molecule has 5 heteroatoms. The standard InChI is InChI=1S/C16H15N3O2/c1-11(20)17-13-7-5-12(6-8-13)14-10-19-9-3-4-15(21-2)16(19)18-14/h3-10H,1-2H3,(H,17,20). The molecule has 0 bridgehead atoms. The summed E-state index contributed by atoms with van der Waals surface area (Å²) < 4.78 is 7.24. The molecule has 0 saturated heterocycles. The molecule has 0 unspecified atom stereocenters. The van der Waals surface area contributed by atoms with Gasteiger partial charge in [0, 0.05) is 30.6 Å². The first-order valence-electron chi connectivity index (χ1n) is 6.57. The molecule has 2 aromatic heterocycles. The predicted molar refractivity (Wildman–Crippen MR) is 81.5 cm³/mol. The van der Waals surface area contributed by atoms with Gasteiger partial charge in [-0.3, -0.25) is 4.79 Å². The van der Waals surface area contributed by atoms with Crippen LogP contribution in [0.3, 0.4) is 0 Å². The van der Waals surface area contributed by atoms with Gasteiger partial charge >= 0.3 is 0 Å². The highest BCUT2D eigenvalue weighted by Crippen LogP contribution is 2.25. The summed E-state index contributed by atoms with van der Waals surface area (Å²) in [7, 11) is 1.63. The van der Waals surface area contributed by atoms with Crippen LogP contribution in [0.25, 0.3) is 16.9 Å². The van der Waals surface area contributed by atoms with E-state index in [9.17, 15) is 4.79 Å². The van der Waals surface area contributed by atoms with E-state index in [2.05, 4.69) is 10.3 Å². The molecular formula is C16H15N3O2. The van der Waals surface area contributed by atoms with Crippen LogP contribution in [0.1, 0.15) is 6.92 Å². The first kappa shape index (κ1) is 13.2. The average Bonchev–Trinajstić information content (AvgIpc) is 2.91. The summed E-state index contributed by atoms with van der Waals surface area (Å²) in [6.45, 7) is 1.49. The molecule has 3 rings (SSSR count). The lowest BCUT2D eigenvalue weighted by atomic mass is 10.1. The van der Waals surface area contributed by atoms with E-state index >= 15 is 0 Å². The van der Waals surface area contributed by atoms with Gasteiger partial charge in [0.25, 0.3) is 0 Å². The number of hydrogen-bond donors (Lipinski definition) is 1. The predicted octanol–water partition coefficient (Wildman–Crippen LogP) is 2.97. The number of ether oxygens (including phenoxy) is 1. The number of methoxy groups -OCH3 is 1. The molecule has 1 aromatic carbocycles. The minimum atomic E-state index is -0.0831. The molecular weight excluding hydrogens is 266 g/mol. The Balaban J connectivity index is 1.98. The summed E-state index contributed by atoms with van der Waals surface area (Å²) in [6, 6.07) is 11.4. The number of imidazole rings is 1. The van der Waals surface area contributed by atoms with E-state index < -0.39 is 0 Å². The van der Waals surface area contributed by atoms with Crippen molar-refractivity contribution in [2.45, 2.75) is 6.92 Å². The van der Waals surface area contributed by atoms with Crippen LogP contribution in [0.15, 0.2) is 48.8 Å². The van der Waals surface area contributed by atoms with Crippen molar-refractivity contribution < 1.29 is 9.53 Å². The molecule has 5 nitrogen and oxygen atoms in total. The summed E-state index contributed by atoms with van der Waals surface area (Å²) in [6.07, 6.45) is 3.88. The van der Waals surface area contributed by atoms with Gasteiger partial charge in [-0.25, -0.2) is 4.98 Å². The van der Waals surface area contributed by atoms with E-state index in [4.69, 9.17) is 4.74 Å². The molecule has 0 fully saturated rings. The first-order chi connectivity index (χ1) is 10.2. The summed E-state index contributed by atoms with van der Waals surface area (Å²) >= 11 is 0. The highest BCUT2D eigenvalue weighted by atomic mass is 16.5. The van der Waals surface area contributed by atoms with Crippen LogP contribution in [0, 0.1) is 0 Å². The molecule has 21 heavy (non-hydrogen) atoms. The van der Waals surface area contributed by atoms with Gasteiger partial charge in [-0.1, -0.05) is 12.1 Å². The van der Waals surface area contributed by atoms with E-state index in [1.165, 1.54) is 6.92 Å². The van der Waals surface area contributed by atoms with E-state index in [0.29, 0.717) is 0 Å². The number of pyridine rings is 1.